The van der Waals surface area contributed by atoms with E-state index >= 15 is 0 Å². The first-order valence-electron chi connectivity index (χ1n) is 7.22. The van der Waals surface area contributed by atoms with Gasteiger partial charge in [-0.25, -0.2) is 0 Å². The first kappa shape index (κ1) is 20.0. The molecule has 7 heteroatoms. The third kappa shape index (κ3) is 4.48. The summed E-state index contributed by atoms with van der Waals surface area (Å²) in [4.78, 5) is 16.8. The summed E-state index contributed by atoms with van der Waals surface area (Å²) in [6.07, 6.45) is 3.59. The second kappa shape index (κ2) is 8.69. The average Bonchev–Trinajstić information content (AvgIpc) is 2.48. The molecular weight excluding hydrogens is 357 g/mol. The lowest BCUT2D eigenvalue weighted by molar-refractivity contribution is 0.0927. The van der Waals surface area contributed by atoms with E-state index in [2.05, 4.69) is 22.5 Å². The molecule has 2 heterocycles. The Bertz CT molecular complexity index is 681. The average molecular weight is 377 g/mol. The molecule has 3 rings (SSSR count). The van der Waals surface area contributed by atoms with Crippen LogP contribution in [0.4, 0.5) is 0 Å². The summed E-state index contributed by atoms with van der Waals surface area (Å²) in [6.45, 7) is 3.07. The molecule has 1 fully saturated rings. The molecule has 0 spiro atoms. The Morgan fingerprint density at radius 2 is 2.13 bits per heavy atom. The topological polar surface area (TPSA) is 54.0 Å². The Kier molecular flexibility index (Phi) is 7.55. The maximum atomic E-state index is 12.5. The number of aromatic nitrogens is 1. The van der Waals surface area contributed by atoms with E-state index in [9.17, 15) is 4.79 Å². The van der Waals surface area contributed by atoms with Crippen LogP contribution in [-0.4, -0.2) is 29.5 Å². The van der Waals surface area contributed by atoms with Gasteiger partial charge in [0.25, 0.3) is 5.91 Å². The van der Waals surface area contributed by atoms with Gasteiger partial charge in [0.1, 0.15) is 0 Å². The normalized spacial score (nSPS) is 20.3. The van der Waals surface area contributed by atoms with Crippen molar-refractivity contribution in [1.29, 1.82) is 0 Å². The summed E-state index contributed by atoms with van der Waals surface area (Å²) in [6, 6.07) is 7.86. The van der Waals surface area contributed by atoms with E-state index in [0.717, 1.165) is 24.8 Å². The zero-order valence-electron chi connectivity index (χ0n) is 12.7. The second-order valence-electron chi connectivity index (χ2n) is 5.54. The van der Waals surface area contributed by atoms with Crippen molar-refractivity contribution in [2.45, 2.75) is 31.8 Å². The maximum absolute atomic E-state index is 12.5. The number of halogens is 3. The van der Waals surface area contributed by atoms with E-state index in [0.29, 0.717) is 22.1 Å². The highest BCUT2D eigenvalue weighted by Gasteiger charge is 2.21. The van der Waals surface area contributed by atoms with Crippen LogP contribution in [0.25, 0.3) is 10.9 Å². The Balaban J connectivity index is 0.00000132. The summed E-state index contributed by atoms with van der Waals surface area (Å²) in [7, 11) is 0. The Morgan fingerprint density at radius 3 is 2.87 bits per heavy atom. The number of carbonyl (C=O) groups excluding carboxylic acids is 1. The number of piperidine rings is 1. The zero-order chi connectivity index (χ0) is 14.8. The fraction of sp³-hybridized carbons (Fsp3) is 0.375. The molecule has 2 N–H and O–H groups in total. The Morgan fingerprint density at radius 1 is 1.35 bits per heavy atom. The van der Waals surface area contributed by atoms with Gasteiger partial charge in [-0.05, 0) is 50.6 Å². The monoisotopic (exact) mass is 375 g/mol. The van der Waals surface area contributed by atoms with Gasteiger partial charge in [0, 0.05) is 23.7 Å². The van der Waals surface area contributed by atoms with E-state index in [1.54, 1.807) is 18.3 Å². The van der Waals surface area contributed by atoms with Crippen LogP contribution < -0.4 is 10.6 Å². The van der Waals surface area contributed by atoms with Gasteiger partial charge >= 0.3 is 0 Å². The third-order valence-corrected chi connectivity index (χ3v) is 4.25. The molecule has 1 aromatic heterocycles. The van der Waals surface area contributed by atoms with Crippen molar-refractivity contribution >= 4 is 53.2 Å². The van der Waals surface area contributed by atoms with Gasteiger partial charge in [-0.1, -0.05) is 11.6 Å². The molecule has 2 unspecified atom stereocenters. The fourth-order valence-electron chi connectivity index (χ4n) is 2.85. The van der Waals surface area contributed by atoms with E-state index in [1.165, 1.54) is 0 Å². The molecule has 2 aromatic rings. The van der Waals surface area contributed by atoms with Gasteiger partial charge in [-0.15, -0.1) is 24.8 Å². The van der Waals surface area contributed by atoms with Crippen molar-refractivity contribution in [3.05, 3.63) is 41.0 Å². The molecular formula is C16H20Cl3N3O. The number of fused-ring (bicyclic) bond motifs is 1. The zero-order valence-corrected chi connectivity index (χ0v) is 15.1. The number of benzene rings is 1. The lowest BCUT2D eigenvalue weighted by atomic mass is 10.00. The fourth-order valence-corrected chi connectivity index (χ4v) is 3.06. The van der Waals surface area contributed by atoms with Crippen LogP contribution in [0.5, 0.6) is 0 Å². The number of pyridine rings is 1. The maximum Gasteiger partial charge on any atom is 0.253 e. The molecule has 4 nitrogen and oxygen atoms in total. The molecule has 0 aliphatic carbocycles. The minimum atomic E-state index is -0.0746. The summed E-state index contributed by atoms with van der Waals surface area (Å²) in [5.74, 6) is -0.0746. The van der Waals surface area contributed by atoms with E-state index < -0.39 is 0 Å². The van der Waals surface area contributed by atoms with E-state index in [1.807, 2.05) is 12.1 Å². The van der Waals surface area contributed by atoms with Crippen molar-refractivity contribution in [3.63, 3.8) is 0 Å². The van der Waals surface area contributed by atoms with Gasteiger partial charge in [0.15, 0.2) is 0 Å². The van der Waals surface area contributed by atoms with Crippen LogP contribution in [0.1, 0.15) is 30.1 Å². The quantitative estimate of drug-likeness (QED) is 0.842. The Hall–Kier alpha value is -1.07. The highest BCUT2D eigenvalue weighted by atomic mass is 35.5. The number of nitrogens with zero attached hydrogens (tertiary/aromatic N) is 1. The molecule has 1 aromatic carbocycles. The molecule has 1 amide bonds. The van der Waals surface area contributed by atoms with Crippen LogP contribution in [-0.2, 0) is 0 Å². The molecule has 23 heavy (non-hydrogen) atoms. The molecule has 2 atom stereocenters. The summed E-state index contributed by atoms with van der Waals surface area (Å²) in [5.41, 5.74) is 1.24. The predicted molar refractivity (Wildman–Crippen MR) is 99.2 cm³/mol. The van der Waals surface area contributed by atoms with Crippen LogP contribution in [0, 0.1) is 0 Å². The van der Waals surface area contributed by atoms with E-state index in [4.69, 9.17) is 11.6 Å². The van der Waals surface area contributed by atoms with Gasteiger partial charge in [-0.3, -0.25) is 9.78 Å². The number of nitrogens with one attached hydrogen (secondary N) is 2. The first-order valence-corrected chi connectivity index (χ1v) is 7.60. The molecule has 0 radical (unpaired) electrons. The molecule has 1 saturated heterocycles. The molecule has 0 saturated carbocycles. The molecule has 126 valence electrons. The predicted octanol–water partition coefficient (Wildman–Crippen LogP) is 3.60. The summed E-state index contributed by atoms with van der Waals surface area (Å²) < 4.78 is 0. The van der Waals surface area contributed by atoms with Crippen molar-refractivity contribution < 1.29 is 4.79 Å². The van der Waals surface area contributed by atoms with Crippen molar-refractivity contribution in [1.82, 2.24) is 15.6 Å². The summed E-state index contributed by atoms with van der Waals surface area (Å²) in [5, 5.41) is 7.92. The van der Waals surface area contributed by atoms with Crippen molar-refractivity contribution in [3.8, 4) is 0 Å². The molecule has 1 aliphatic heterocycles. The van der Waals surface area contributed by atoms with Crippen LogP contribution >= 0.6 is 36.4 Å². The van der Waals surface area contributed by atoms with Crippen molar-refractivity contribution in [2.24, 2.45) is 0 Å². The highest BCUT2D eigenvalue weighted by Crippen LogP contribution is 2.25. The number of hydrogen-bond acceptors (Lipinski definition) is 3. The first-order chi connectivity index (χ1) is 10.1. The number of rotatable bonds is 2. The highest BCUT2D eigenvalue weighted by molar-refractivity contribution is 6.36. The lowest BCUT2D eigenvalue weighted by Gasteiger charge is -2.28. The minimum Gasteiger partial charge on any atom is -0.349 e. The van der Waals surface area contributed by atoms with Crippen LogP contribution in [0.3, 0.4) is 0 Å². The molecule has 0 bridgehead atoms. The van der Waals surface area contributed by atoms with Crippen LogP contribution in [0.2, 0.25) is 5.02 Å². The van der Waals surface area contributed by atoms with Gasteiger partial charge in [0.2, 0.25) is 0 Å². The van der Waals surface area contributed by atoms with E-state index in [-0.39, 0.29) is 36.8 Å². The number of amides is 1. The number of carbonyl (C=O) groups is 1. The van der Waals surface area contributed by atoms with Crippen LogP contribution in [0.15, 0.2) is 30.5 Å². The third-order valence-electron chi connectivity index (χ3n) is 3.92. The lowest BCUT2D eigenvalue weighted by Crippen LogP contribution is -2.46. The second-order valence-corrected chi connectivity index (χ2v) is 5.95. The Labute approximate surface area is 153 Å². The van der Waals surface area contributed by atoms with Gasteiger partial charge in [0.05, 0.1) is 16.1 Å². The minimum absolute atomic E-state index is 0. The SMILES string of the molecule is CC1CC(NC(=O)c2ccc(Cl)c3cccnc23)CCN1.Cl.Cl. The largest absolute Gasteiger partial charge is 0.349 e. The summed E-state index contributed by atoms with van der Waals surface area (Å²) >= 11 is 6.16. The van der Waals surface area contributed by atoms with Crippen molar-refractivity contribution in [2.75, 3.05) is 6.54 Å². The standard InChI is InChI=1S/C16H18ClN3O.2ClH/c1-10-9-11(6-8-18-10)20-16(21)13-4-5-14(17)12-3-2-7-19-15(12)13;;/h2-5,7,10-11,18H,6,8-9H2,1H3,(H,20,21);2*1H. The molecule has 1 aliphatic rings. The van der Waals surface area contributed by atoms with Gasteiger partial charge < -0.3 is 10.6 Å². The smallest absolute Gasteiger partial charge is 0.253 e. The number of hydrogen-bond donors (Lipinski definition) is 2. The van der Waals surface area contributed by atoms with Gasteiger partial charge in [-0.2, -0.15) is 0 Å².